The lowest BCUT2D eigenvalue weighted by molar-refractivity contribution is -0.151. The highest BCUT2D eigenvalue weighted by molar-refractivity contribution is 6.31. The number of carbonyl (C=O) groups is 5. The van der Waals surface area contributed by atoms with Gasteiger partial charge in [-0.05, 0) is 91.9 Å². The van der Waals surface area contributed by atoms with Crippen molar-refractivity contribution in [2.75, 3.05) is 11.4 Å². The highest BCUT2D eigenvalue weighted by Gasteiger charge is 2.54. The first kappa shape index (κ1) is 31.3. The molecule has 0 spiro atoms. The second-order valence-corrected chi connectivity index (χ2v) is 14.0. The summed E-state index contributed by atoms with van der Waals surface area (Å²) in [5.74, 6) is -1.44. The number of carboxylic acid groups (broad SMARTS) is 1. The number of nitrogens with zero attached hydrogens (tertiary/aromatic N) is 2. The van der Waals surface area contributed by atoms with Crippen LogP contribution in [0.2, 0.25) is 5.02 Å². The summed E-state index contributed by atoms with van der Waals surface area (Å²) < 4.78 is 0. The van der Waals surface area contributed by atoms with Crippen molar-refractivity contribution >= 4 is 46.8 Å². The van der Waals surface area contributed by atoms with Gasteiger partial charge < -0.3 is 20.2 Å². The standard InChI is InChI=1S/C35H40ClN3O6/c1-2-31(41)39-28(33(44)37-19-32(42)43)14-30(40)25-8-4-6-10-27(25)38(20-24-7-3-5-9-26(24)36)34(45)29(39)18-35-15-21-11-22(16-35)13-23(12-21)17-35/h3-10,21-23,28-29H,2,11-20H2,1H3,(H,37,44)(H,42,43)/t21?,22?,23?,28-,29+,35?/m1/s1. The lowest BCUT2D eigenvalue weighted by atomic mass is 9.48. The van der Waals surface area contributed by atoms with E-state index in [9.17, 15) is 24.3 Å². The summed E-state index contributed by atoms with van der Waals surface area (Å²) in [5, 5.41) is 12.2. The molecule has 2 N–H and O–H groups in total. The smallest absolute Gasteiger partial charge is 0.322 e. The number of aliphatic carboxylic acids is 1. The van der Waals surface area contributed by atoms with Gasteiger partial charge in [-0.15, -0.1) is 0 Å². The van der Waals surface area contributed by atoms with Crippen LogP contribution in [-0.2, 0) is 25.7 Å². The minimum atomic E-state index is -1.35. The number of Topliss-reactive ketones (excluding diaryl/α,β-unsaturated/α-hetero) is 1. The van der Waals surface area contributed by atoms with Crippen molar-refractivity contribution in [3.8, 4) is 0 Å². The largest absolute Gasteiger partial charge is 0.480 e. The number of halogens is 1. The Morgan fingerprint density at radius 1 is 0.956 bits per heavy atom. The fourth-order valence-electron chi connectivity index (χ4n) is 9.09. The minimum Gasteiger partial charge on any atom is -0.480 e. The molecule has 45 heavy (non-hydrogen) atoms. The Labute approximate surface area is 268 Å². The van der Waals surface area contributed by atoms with Crippen LogP contribution in [0.25, 0.3) is 0 Å². The number of anilines is 1. The average molecular weight is 634 g/mol. The van der Waals surface area contributed by atoms with E-state index in [1.165, 1.54) is 24.2 Å². The molecule has 10 heteroatoms. The molecule has 3 amide bonds. The van der Waals surface area contributed by atoms with Gasteiger partial charge in [-0.25, -0.2) is 0 Å². The number of carbonyl (C=O) groups excluding carboxylic acids is 4. The van der Waals surface area contributed by atoms with Gasteiger partial charge in [0.1, 0.15) is 18.6 Å². The predicted octanol–water partition coefficient (Wildman–Crippen LogP) is 5.24. The van der Waals surface area contributed by atoms with Crippen LogP contribution in [0.5, 0.6) is 0 Å². The van der Waals surface area contributed by atoms with Crippen molar-refractivity contribution in [3.05, 3.63) is 64.7 Å². The van der Waals surface area contributed by atoms with E-state index in [0.717, 1.165) is 19.3 Å². The lowest BCUT2D eigenvalue weighted by Crippen LogP contribution is -2.61. The van der Waals surface area contributed by atoms with Crippen molar-refractivity contribution in [3.63, 3.8) is 0 Å². The zero-order valence-electron chi connectivity index (χ0n) is 25.5. The van der Waals surface area contributed by atoms with Crippen molar-refractivity contribution in [2.45, 2.75) is 83.3 Å². The Kier molecular flexibility index (Phi) is 8.74. The van der Waals surface area contributed by atoms with E-state index in [-0.39, 0.29) is 36.3 Å². The van der Waals surface area contributed by atoms with Crippen LogP contribution < -0.4 is 10.2 Å². The van der Waals surface area contributed by atoms with Crippen molar-refractivity contribution in [1.29, 1.82) is 0 Å². The van der Waals surface area contributed by atoms with E-state index in [0.29, 0.717) is 40.4 Å². The Morgan fingerprint density at radius 3 is 2.20 bits per heavy atom. The Balaban J connectivity index is 1.50. The molecule has 4 aliphatic carbocycles. The van der Waals surface area contributed by atoms with Crippen LogP contribution in [0, 0.1) is 23.2 Å². The summed E-state index contributed by atoms with van der Waals surface area (Å²) in [6.45, 7) is 1.08. The molecule has 4 saturated carbocycles. The molecule has 5 aliphatic rings. The van der Waals surface area contributed by atoms with Gasteiger partial charge in [0.2, 0.25) is 17.7 Å². The van der Waals surface area contributed by atoms with E-state index in [4.69, 9.17) is 11.6 Å². The van der Waals surface area contributed by atoms with Gasteiger partial charge in [0, 0.05) is 23.4 Å². The Morgan fingerprint density at radius 2 is 1.58 bits per heavy atom. The topological polar surface area (TPSA) is 124 Å². The molecule has 7 rings (SSSR count). The molecular formula is C35H40ClN3O6. The van der Waals surface area contributed by atoms with Gasteiger partial charge in [0.05, 0.1) is 12.2 Å². The number of para-hydroxylation sites is 1. The highest BCUT2D eigenvalue weighted by Crippen LogP contribution is 2.62. The van der Waals surface area contributed by atoms with Gasteiger partial charge in [-0.3, -0.25) is 24.0 Å². The molecule has 2 aromatic rings. The first-order valence-electron chi connectivity index (χ1n) is 16.0. The first-order chi connectivity index (χ1) is 21.6. The summed E-state index contributed by atoms with van der Waals surface area (Å²) in [4.78, 5) is 71.2. The van der Waals surface area contributed by atoms with Gasteiger partial charge in [-0.2, -0.15) is 0 Å². The molecule has 2 aromatic carbocycles. The van der Waals surface area contributed by atoms with Gasteiger partial charge in [0.25, 0.3) is 0 Å². The van der Waals surface area contributed by atoms with Crippen LogP contribution in [0.1, 0.15) is 80.6 Å². The number of amides is 3. The SMILES string of the molecule is CCC(=O)N1[C@@H](C(=O)NCC(=O)O)CC(=O)c2ccccc2N(Cc2ccccc2Cl)C(=O)[C@@H]1CC12CC3CC(CC(C3)C1)C2. The van der Waals surface area contributed by atoms with Crippen LogP contribution in [0.4, 0.5) is 5.69 Å². The normalized spacial score (nSPS) is 29.1. The molecule has 0 radical (unpaired) electrons. The minimum absolute atomic E-state index is 0.0129. The molecule has 1 heterocycles. The fraction of sp³-hybridized carbons (Fsp3) is 0.514. The monoisotopic (exact) mass is 633 g/mol. The number of ketones is 1. The molecular weight excluding hydrogens is 594 g/mol. The van der Waals surface area contributed by atoms with Crippen LogP contribution >= 0.6 is 11.6 Å². The molecule has 0 aromatic heterocycles. The number of carboxylic acids is 1. The highest BCUT2D eigenvalue weighted by atomic mass is 35.5. The molecule has 9 nitrogen and oxygen atoms in total. The van der Waals surface area contributed by atoms with Gasteiger partial charge >= 0.3 is 5.97 Å². The predicted molar refractivity (Wildman–Crippen MR) is 169 cm³/mol. The van der Waals surface area contributed by atoms with E-state index in [1.54, 1.807) is 42.2 Å². The summed E-state index contributed by atoms with van der Waals surface area (Å²) in [6.07, 6.45) is 6.58. The molecule has 1 aliphatic heterocycles. The van der Waals surface area contributed by atoms with Crippen LogP contribution in [-0.4, -0.2) is 58.1 Å². The first-order valence-corrected chi connectivity index (χ1v) is 16.4. The summed E-state index contributed by atoms with van der Waals surface area (Å²) in [6, 6.07) is 11.7. The fourth-order valence-corrected chi connectivity index (χ4v) is 9.28. The van der Waals surface area contributed by atoms with Crippen LogP contribution in [0.3, 0.4) is 0 Å². The summed E-state index contributed by atoms with van der Waals surface area (Å²) in [5.41, 5.74) is 1.19. The molecule has 0 unspecified atom stereocenters. The summed E-state index contributed by atoms with van der Waals surface area (Å²) in [7, 11) is 0. The number of nitrogens with one attached hydrogen (secondary N) is 1. The molecule has 2 atom stereocenters. The Hall–Kier alpha value is -3.72. The van der Waals surface area contributed by atoms with E-state index in [1.807, 2.05) is 18.2 Å². The zero-order valence-corrected chi connectivity index (χ0v) is 26.3. The number of hydrogen-bond donors (Lipinski definition) is 2. The third-order valence-corrected chi connectivity index (χ3v) is 10.9. The second-order valence-electron chi connectivity index (χ2n) is 13.6. The van der Waals surface area contributed by atoms with Gasteiger partial charge in [-0.1, -0.05) is 48.9 Å². The number of benzene rings is 2. The third kappa shape index (κ3) is 6.24. The molecule has 238 valence electrons. The molecule has 4 fully saturated rings. The average Bonchev–Trinajstić information content (AvgIpc) is 3.03. The van der Waals surface area contributed by atoms with E-state index >= 15 is 4.79 Å². The van der Waals surface area contributed by atoms with Gasteiger partial charge in [0.15, 0.2) is 5.78 Å². The maximum atomic E-state index is 15.2. The molecule has 0 saturated heterocycles. The quantitative estimate of drug-likeness (QED) is 0.410. The van der Waals surface area contributed by atoms with Crippen molar-refractivity contribution in [1.82, 2.24) is 10.2 Å². The number of fused-ring (bicyclic) bond motifs is 1. The van der Waals surface area contributed by atoms with Crippen molar-refractivity contribution < 1.29 is 29.1 Å². The number of rotatable bonds is 8. The zero-order chi connectivity index (χ0) is 31.9. The van der Waals surface area contributed by atoms with E-state index < -0.39 is 42.2 Å². The maximum Gasteiger partial charge on any atom is 0.322 e. The second kappa shape index (κ2) is 12.6. The lowest BCUT2D eigenvalue weighted by Gasteiger charge is -2.58. The summed E-state index contributed by atoms with van der Waals surface area (Å²) >= 11 is 6.59. The van der Waals surface area contributed by atoms with E-state index in [2.05, 4.69) is 5.32 Å². The maximum absolute atomic E-state index is 15.2. The van der Waals surface area contributed by atoms with Crippen LogP contribution in [0.15, 0.2) is 48.5 Å². The molecule has 4 bridgehead atoms. The third-order valence-electron chi connectivity index (χ3n) is 10.5. The Bertz CT molecular complexity index is 1490. The number of hydrogen-bond acceptors (Lipinski definition) is 5. The van der Waals surface area contributed by atoms with Crippen molar-refractivity contribution in [2.24, 2.45) is 23.2 Å².